The lowest BCUT2D eigenvalue weighted by molar-refractivity contribution is 0.286. The maximum absolute atomic E-state index is 5.89. The first-order valence-corrected chi connectivity index (χ1v) is 6.84. The average molecular weight is 325 g/mol. The van der Waals surface area contributed by atoms with E-state index in [-0.39, 0.29) is 6.04 Å². The van der Waals surface area contributed by atoms with E-state index in [1.54, 1.807) is 0 Å². The Balaban J connectivity index is 1.88. The van der Waals surface area contributed by atoms with Gasteiger partial charge in [0.2, 0.25) is 0 Å². The fourth-order valence-electron chi connectivity index (χ4n) is 2.02. The van der Waals surface area contributed by atoms with Crippen LogP contribution >= 0.6 is 27.5 Å². The highest BCUT2D eigenvalue weighted by Gasteiger charge is 2.20. The third-order valence-electron chi connectivity index (χ3n) is 2.95. The molecule has 0 bridgehead atoms. The van der Waals surface area contributed by atoms with E-state index in [4.69, 9.17) is 16.3 Å². The van der Waals surface area contributed by atoms with E-state index in [1.165, 1.54) is 5.56 Å². The van der Waals surface area contributed by atoms with Crippen molar-refractivity contribution in [1.29, 1.82) is 0 Å². The van der Waals surface area contributed by atoms with Crippen molar-refractivity contribution >= 4 is 33.2 Å². The maximum Gasteiger partial charge on any atom is 0.142 e. The smallest absolute Gasteiger partial charge is 0.142 e. The molecule has 1 heterocycles. The molecule has 1 aliphatic rings. The Kier molecular flexibility index (Phi) is 3.18. The summed E-state index contributed by atoms with van der Waals surface area (Å²) in [6, 6.07) is 14.0. The highest BCUT2D eigenvalue weighted by molar-refractivity contribution is 9.10. The molecule has 0 spiro atoms. The van der Waals surface area contributed by atoms with Gasteiger partial charge >= 0.3 is 0 Å². The van der Waals surface area contributed by atoms with Crippen LogP contribution in [0.2, 0.25) is 5.02 Å². The number of anilines is 1. The Hall–Kier alpha value is -1.19. The summed E-state index contributed by atoms with van der Waals surface area (Å²) in [6.45, 7) is 0.621. The minimum atomic E-state index is 0.157. The fourth-order valence-corrected chi connectivity index (χ4v) is 2.51. The predicted molar refractivity (Wildman–Crippen MR) is 77.5 cm³/mol. The average Bonchev–Trinajstić information content (AvgIpc) is 2.38. The van der Waals surface area contributed by atoms with Crippen LogP contribution in [-0.4, -0.2) is 6.61 Å². The summed E-state index contributed by atoms with van der Waals surface area (Å²) in [5, 5.41) is 4.22. The third kappa shape index (κ3) is 2.33. The molecule has 4 heteroatoms. The first-order valence-electron chi connectivity index (χ1n) is 5.67. The number of hydrogen-bond donors (Lipinski definition) is 1. The number of rotatable bonds is 1. The number of hydrogen-bond acceptors (Lipinski definition) is 2. The molecule has 1 aliphatic heterocycles. The minimum absolute atomic E-state index is 0.157. The van der Waals surface area contributed by atoms with Crippen LogP contribution in [0.4, 0.5) is 5.69 Å². The van der Waals surface area contributed by atoms with Gasteiger partial charge in [-0.1, -0.05) is 39.7 Å². The van der Waals surface area contributed by atoms with Crippen molar-refractivity contribution in [2.45, 2.75) is 6.04 Å². The molecule has 0 fully saturated rings. The minimum Gasteiger partial charge on any atom is -0.489 e. The first-order chi connectivity index (χ1) is 8.72. The van der Waals surface area contributed by atoms with Crippen LogP contribution in [0.25, 0.3) is 0 Å². The van der Waals surface area contributed by atoms with E-state index in [0.29, 0.717) is 6.61 Å². The van der Waals surface area contributed by atoms with Gasteiger partial charge in [0.15, 0.2) is 0 Å². The van der Waals surface area contributed by atoms with Crippen LogP contribution in [0.3, 0.4) is 0 Å². The van der Waals surface area contributed by atoms with Crippen LogP contribution in [-0.2, 0) is 0 Å². The molecule has 2 aromatic rings. The summed E-state index contributed by atoms with van der Waals surface area (Å²) < 4.78 is 6.80. The molecule has 0 radical (unpaired) electrons. The van der Waals surface area contributed by atoms with Gasteiger partial charge in [-0.15, -0.1) is 0 Å². The van der Waals surface area contributed by atoms with Crippen molar-refractivity contribution < 1.29 is 4.74 Å². The quantitative estimate of drug-likeness (QED) is 0.824. The molecule has 0 saturated carbocycles. The van der Waals surface area contributed by atoms with Crippen LogP contribution < -0.4 is 10.1 Å². The molecule has 2 nitrogen and oxygen atoms in total. The molecule has 1 unspecified atom stereocenters. The SMILES string of the molecule is Clc1ccc(C2COc3ccc(Br)cc3N2)cc1. The van der Waals surface area contributed by atoms with Crippen LogP contribution in [0.1, 0.15) is 11.6 Å². The van der Waals surface area contributed by atoms with Gasteiger partial charge < -0.3 is 10.1 Å². The summed E-state index contributed by atoms with van der Waals surface area (Å²) in [5.74, 6) is 0.892. The van der Waals surface area contributed by atoms with Gasteiger partial charge in [-0.25, -0.2) is 0 Å². The number of benzene rings is 2. The zero-order valence-electron chi connectivity index (χ0n) is 9.49. The highest BCUT2D eigenvalue weighted by atomic mass is 79.9. The Morgan fingerprint density at radius 2 is 1.94 bits per heavy atom. The molecule has 0 saturated heterocycles. The predicted octanol–water partition coefficient (Wildman–Crippen LogP) is 4.65. The normalized spacial score (nSPS) is 17.6. The monoisotopic (exact) mass is 323 g/mol. The maximum atomic E-state index is 5.89. The third-order valence-corrected chi connectivity index (χ3v) is 3.69. The lowest BCUT2D eigenvalue weighted by Crippen LogP contribution is -2.23. The van der Waals surface area contributed by atoms with E-state index in [1.807, 2.05) is 42.5 Å². The molecule has 0 amide bonds. The molecule has 3 rings (SSSR count). The highest BCUT2D eigenvalue weighted by Crippen LogP contribution is 2.35. The Labute approximate surface area is 119 Å². The van der Waals surface area contributed by atoms with E-state index < -0.39 is 0 Å². The zero-order valence-corrected chi connectivity index (χ0v) is 11.8. The Morgan fingerprint density at radius 1 is 1.17 bits per heavy atom. The summed E-state index contributed by atoms with van der Waals surface area (Å²) in [6.07, 6.45) is 0. The molecule has 18 heavy (non-hydrogen) atoms. The van der Waals surface area contributed by atoms with Gasteiger partial charge in [-0.05, 0) is 35.9 Å². The Morgan fingerprint density at radius 3 is 2.72 bits per heavy atom. The second-order valence-corrected chi connectivity index (χ2v) is 5.55. The lowest BCUT2D eigenvalue weighted by Gasteiger charge is -2.28. The van der Waals surface area contributed by atoms with Crippen LogP contribution in [0.5, 0.6) is 5.75 Å². The van der Waals surface area contributed by atoms with E-state index in [9.17, 15) is 0 Å². The van der Waals surface area contributed by atoms with E-state index >= 15 is 0 Å². The van der Waals surface area contributed by atoms with Gasteiger partial charge in [0.1, 0.15) is 12.4 Å². The van der Waals surface area contributed by atoms with Crippen LogP contribution in [0.15, 0.2) is 46.9 Å². The van der Waals surface area contributed by atoms with Crippen molar-refractivity contribution in [2.24, 2.45) is 0 Å². The Bertz CT molecular complexity index is 571. The standard InChI is InChI=1S/C14H11BrClNO/c15-10-3-6-14-12(7-10)17-13(8-18-14)9-1-4-11(16)5-2-9/h1-7,13,17H,8H2. The summed E-state index contributed by atoms with van der Waals surface area (Å²) in [5.41, 5.74) is 2.18. The van der Waals surface area contributed by atoms with Crippen molar-refractivity contribution in [2.75, 3.05) is 11.9 Å². The van der Waals surface area contributed by atoms with E-state index in [0.717, 1.165) is 20.9 Å². The lowest BCUT2D eigenvalue weighted by atomic mass is 10.1. The van der Waals surface area contributed by atoms with E-state index in [2.05, 4.69) is 21.2 Å². The number of halogens is 2. The number of fused-ring (bicyclic) bond motifs is 1. The summed E-state index contributed by atoms with van der Waals surface area (Å²) in [4.78, 5) is 0. The second kappa shape index (κ2) is 4.82. The zero-order chi connectivity index (χ0) is 12.5. The molecule has 92 valence electrons. The van der Waals surface area contributed by atoms with Gasteiger partial charge in [0, 0.05) is 9.50 Å². The fraction of sp³-hybridized carbons (Fsp3) is 0.143. The number of nitrogens with one attached hydrogen (secondary N) is 1. The van der Waals surface area contributed by atoms with Crippen molar-refractivity contribution in [3.05, 3.63) is 57.5 Å². The van der Waals surface area contributed by atoms with Crippen molar-refractivity contribution in [3.63, 3.8) is 0 Å². The molecular weight excluding hydrogens is 314 g/mol. The second-order valence-electron chi connectivity index (χ2n) is 4.20. The van der Waals surface area contributed by atoms with Gasteiger partial charge in [-0.3, -0.25) is 0 Å². The molecule has 0 aromatic heterocycles. The van der Waals surface area contributed by atoms with Gasteiger partial charge in [-0.2, -0.15) is 0 Å². The summed E-state index contributed by atoms with van der Waals surface area (Å²) in [7, 11) is 0. The molecule has 0 aliphatic carbocycles. The topological polar surface area (TPSA) is 21.3 Å². The first kappa shape index (κ1) is 11.9. The van der Waals surface area contributed by atoms with Gasteiger partial charge in [0.05, 0.1) is 11.7 Å². The molecule has 2 aromatic carbocycles. The van der Waals surface area contributed by atoms with Gasteiger partial charge in [0.25, 0.3) is 0 Å². The molecule has 1 N–H and O–H groups in total. The summed E-state index contributed by atoms with van der Waals surface area (Å²) >= 11 is 9.36. The van der Waals surface area contributed by atoms with Crippen LogP contribution in [0, 0.1) is 0 Å². The molecular formula is C14H11BrClNO. The van der Waals surface area contributed by atoms with Crippen molar-refractivity contribution in [3.8, 4) is 5.75 Å². The van der Waals surface area contributed by atoms with Crippen molar-refractivity contribution in [1.82, 2.24) is 0 Å². The molecule has 1 atom stereocenters. The largest absolute Gasteiger partial charge is 0.489 e. The number of ether oxygens (including phenoxy) is 1.